The van der Waals surface area contributed by atoms with Crippen LogP contribution in [0.2, 0.25) is 0 Å². The smallest absolute Gasteiger partial charge is 0.222 e. The molecule has 5 heteroatoms. The Bertz CT molecular complexity index is 677. The minimum absolute atomic E-state index is 0.0395. The summed E-state index contributed by atoms with van der Waals surface area (Å²) >= 11 is 0. The number of methoxy groups -OCH3 is 1. The summed E-state index contributed by atoms with van der Waals surface area (Å²) in [6, 6.07) is 14.8. The van der Waals surface area contributed by atoms with E-state index in [0.29, 0.717) is 32.5 Å². The van der Waals surface area contributed by atoms with Crippen LogP contribution in [0.3, 0.4) is 0 Å². The van der Waals surface area contributed by atoms with Crippen LogP contribution in [0.1, 0.15) is 17.5 Å². The number of aryl methyl sites for hydroxylation is 1. The van der Waals surface area contributed by atoms with Gasteiger partial charge in [-0.05, 0) is 36.1 Å². The number of halogens is 1. The van der Waals surface area contributed by atoms with Gasteiger partial charge in [0.1, 0.15) is 0 Å². The summed E-state index contributed by atoms with van der Waals surface area (Å²) in [6.07, 6.45) is 1.62. The summed E-state index contributed by atoms with van der Waals surface area (Å²) in [4.78, 5) is 14.3. The fraction of sp³-hybridized carbons (Fsp3) is 0.350. The molecule has 0 spiro atoms. The van der Waals surface area contributed by atoms with Crippen LogP contribution in [-0.2, 0) is 17.6 Å². The number of amides is 1. The topological polar surface area (TPSA) is 55.6 Å². The first-order chi connectivity index (χ1) is 12.1. The van der Waals surface area contributed by atoms with Crippen molar-refractivity contribution < 1.29 is 13.9 Å². The van der Waals surface area contributed by atoms with Gasteiger partial charge in [-0.3, -0.25) is 4.79 Å². The first-order valence-corrected chi connectivity index (χ1v) is 8.48. The highest BCUT2D eigenvalue weighted by atomic mass is 19.1. The Morgan fingerprint density at radius 1 is 1.08 bits per heavy atom. The van der Waals surface area contributed by atoms with Crippen LogP contribution in [0.5, 0.6) is 5.75 Å². The standard InChI is InChI=1S/C20H25FN2O2/c1-25-19-9-7-17(15-18(19)21)8-10-20(24)23(14-12-22)13-11-16-5-3-2-4-6-16/h2-7,9,15H,8,10-14,22H2,1H3. The third kappa shape index (κ3) is 5.87. The Morgan fingerprint density at radius 2 is 1.84 bits per heavy atom. The summed E-state index contributed by atoms with van der Waals surface area (Å²) in [5.41, 5.74) is 7.61. The SMILES string of the molecule is COc1ccc(CCC(=O)N(CCN)CCc2ccccc2)cc1F. The molecule has 2 rings (SSSR count). The normalized spacial score (nSPS) is 10.5. The minimum atomic E-state index is -0.407. The number of carbonyl (C=O) groups excluding carboxylic acids is 1. The van der Waals surface area contributed by atoms with Crippen molar-refractivity contribution in [1.82, 2.24) is 4.90 Å². The molecule has 2 aromatic rings. The highest BCUT2D eigenvalue weighted by Crippen LogP contribution is 2.18. The van der Waals surface area contributed by atoms with Gasteiger partial charge in [-0.2, -0.15) is 0 Å². The highest BCUT2D eigenvalue weighted by molar-refractivity contribution is 5.76. The van der Waals surface area contributed by atoms with Crippen LogP contribution in [0.25, 0.3) is 0 Å². The Labute approximate surface area is 148 Å². The van der Waals surface area contributed by atoms with E-state index in [4.69, 9.17) is 10.5 Å². The van der Waals surface area contributed by atoms with Gasteiger partial charge in [0.25, 0.3) is 0 Å². The number of nitrogens with zero attached hydrogens (tertiary/aromatic N) is 1. The number of carbonyl (C=O) groups is 1. The van der Waals surface area contributed by atoms with Gasteiger partial charge in [-0.1, -0.05) is 36.4 Å². The number of rotatable bonds is 9. The first kappa shape index (κ1) is 18.9. The number of hydrogen-bond acceptors (Lipinski definition) is 3. The molecule has 2 aromatic carbocycles. The van der Waals surface area contributed by atoms with Crippen LogP contribution < -0.4 is 10.5 Å². The molecule has 0 aliphatic rings. The zero-order valence-electron chi connectivity index (χ0n) is 14.6. The molecule has 4 nitrogen and oxygen atoms in total. The van der Waals surface area contributed by atoms with E-state index in [2.05, 4.69) is 0 Å². The second kappa shape index (κ2) is 9.79. The second-order valence-electron chi connectivity index (χ2n) is 5.87. The molecule has 0 saturated heterocycles. The largest absolute Gasteiger partial charge is 0.494 e. The van der Waals surface area contributed by atoms with E-state index >= 15 is 0 Å². The van der Waals surface area contributed by atoms with Crippen LogP contribution in [0, 0.1) is 5.82 Å². The molecule has 0 aliphatic heterocycles. The molecule has 0 aromatic heterocycles. The monoisotopic (exact) mass is 344 g/mol. The number of benzene rings is 2. The zero-order valence-corrected chi connectivity index (χ0v) is 14.6. The predicted molar refractivity (Wildman–Crippen MR) is 97.1 cm³/mol. The molecule has 2 N–H and O–H groups in total. The molecule has 0 aliphatic carbocycles. The quantitative estimate of drug-likeness (QED) is 0.761. The van der Waals surface area contributed by atoms with E-state index in [1.807, 2.05) is 30.3 Å². The lowest BCUT2D eigenvalue weighted by molar-refractivity contribution is -0.131. The van der Waals surface area contributed by atoms with Crippen molar-refractivity contribution in [2.45, 2.75) is 19.3 Å². The van der Waals surface area contributed by atoms with Crippen LogP contribution >= 0.6 is 0 Å². The van der Waals surface area contributed by atoms with Gasteiger partial charge in [0.2, 0.25) is 5.91 Å². The summed E-state index contributed by atoms with van der Waals surface area (Å²) in [5.74, 6) is -0.157. The van der Waals surface area contributed by atoms with Gasteiger partial charge in [0.05, 0.1) is 7.11 Å². The second-order valence-corrected chi connectivity index (χ2v) is 5.87. The average Bonchev–Trinajstić information content (AvgIpc) is 2.64. The van der Waals surface area contributed by atoms with Crippen LogP contribution in [0.4, 0.5) is 4.39 Å². The Morgan fingerprint density at radius 3 is 2.48 bits per heavy atom. The van der Waals surface area contributed by atoms with E-state index in [0.717, 1.165) is 12.0 Å². The maximum absolute atomic E-state index is 13.7. The molecule has 0 atom stereocenters. The van der Waals surface area contributed by atoms with Crippen molar-refractivity contribution >= 4 is 5.91 Å². The minimum Gasteiger partial charge on any atom is -0.494 e. The molecule has 0 unspecified atom stereocenters. The molecule has 25 heavy (non-hydrogen) atoms. The maximum Gasteiger partial charge on any atom is 0.222 e. The van der Waals surface area contributed by atoms with Crippen molar-refractivity contribution in [2.24, 2.45) is 5.73 Å². The van der Waals surface area contributed by atoms with Gasteiger partial charge in [0.15, 0.2) is 11.6 Å². The highest BCUT2D eigenvalue weighted by Gasteiger charge is 2.13. The van der Waals surface area contributed by atoms with Crippen molar-refractivity contribution in [1.29, 1.82) is 0 Å². The van der Waals surface area contributed by atoms with Gasteiger partial charge in [-0.25, -0.2) is 4.39 Å². The fourth-order valence-electron chi connectivity index (χ4n) is 2.70. The van der Waals surface area contributed by atoms with Crippen LogP contribution in [0.15, 0.2) is 48.5 Å². The van der Waals surface area contributed by atoms with E-state index in [1.54, 1.807) is 17.0 Å². The van der Waals surface area contributed by atoms with E-state index in [9.17, 15) is 9.18 Å². The van der Waals surface area contributed by atoms with Crippen molar-refractivity contribution in [2.75, 3.05) is 26.7 Å². The lowest BCUT2D eigenvalue weighted by Crippen LogP contribution is -2.37. The van der Waals surface area contributed by atoms with E-state index in [1.165, 1.54) is 18.7 Å². The number of ether oxygens (including phenoxy) is 1. The Balaban J connectivity index is 1.90. The molecule has 0 heterocycles. The van der Waals surface area contributed by atoms with Crippen molar-refractivity contribution in [3.8, 4) is 5.75 Å². The third-order valence-corrected chi connectivity index (χ3v) is 4.11. The van der Waals surface area contributed by atoms with Crippen molar-refractivity contribution in [3.63, 3.8) is 0 Å². The average molecular weight is 344 g/mol. The molecule has 1 amide bonds. The third-order valence-electron chi connectivity index (χ3n) is 4.11. The number of hydrogen-bond donors (Lipinski definition) is 1. The molecular weight excluding hydrogens is 319 g/mol. The molecule has 0 radical (unpaired) electrons. The number of nitrogens with two attached hydrogens (primary N) is 1. The Kier molecular flexibility index (Phi) is 7.41. The predicted octanol–water partition coefficient (Wildman–Crippen LogP) is 2.80. The summed E-state index contributed by atoms with van der Waals surface area (Å²) in [7, 11) is 1.43. The van der Waals surface area contributed by atoms with Gasteiger partial charge >= 0.3 is 0 Å². The molecule has 0 bridgehead atoms. The van der Waals surface area contributed by atoms with Crippen LogP contribution in [-0.4, -0.2) is 37.6 Å². The molecule has 134 valence electrons. The first-order valence-electron chi connectivity index (χ1n) is 8.48. The van der Waals surface area contributed by atoms with Crippen molar-refractivity contribution in [3.05, 3.63) is 65.5 Å². The lowest BCUT2D eigenvalue weighted by Gasteiger charge is -2.22. The Hall–Kier alpha value is -2.40. The van der Waals surface area contributed by atoms with Gasteiger partial charge in [-0.15, -0.1) is 0 Å². The van der Waals surface area contributed by atoms with E-state index in [-0.39, 0.29) is 11.7 Å². The molecule has 0 fully saturated rings. The summed E-state index contributed by atoms with van der Waals surface area (Å²) in [5, 5.41) is 0. The summed E-state index contributed by atoms with van der Waals surface area (Å²) < 4.78 is 18.6. The van der Waals surface area contributed by atoms with E-state index < -0.39 is 5.82 Å². The zero-order chi connectivity index (χ0) is 18.1. The summed E-state index contributed by atoms with van der Waals surface area (Å²) in [6.45, 7) is 1.59. The van der Waals surface area contributed by atoms with Gasteiger partial charge in [0, 0.05) is 26.1 Å². The lowest BCUT2D eigenvalue weighted by atomic mass is 10.1. The molecule has 0 saturated carbocycles. The maximum atomic E-state index is 13.7. The fourth-order valence-corrected chi connectivity index (χ4v) is 2.70. The molecular formula is C20H25FN2O2. The van der Waals surface area contributed by atoms with Gasteiger partial charge < -0.3 is 15.4 Å².